The molecule has 0 aromatic carbocycles. The van der Waals surface area contributed by atoms with Crippen molar-refractivity contribution in [3.05, 3.63) is 0 Å². The summed E-state index contributed by atoms with van der Waals surface area (Å²) in [6, 6.07) is 0. The van der Waals surface area contributed by atoms with Gasteiger partial charge in [0.05, 0.1) is 7.11 Å². The maximum atomic E-state index is 11.1. The molecule has 4 saturated carbocycles. The SMILES string of the molecule is COC(=O)CCCCCC1CCC2C(C1)C1C3CCC3C21. The Hall–Kier alpha value is -0.530. The Morgan fingerprint density at radius 1 is 0.905 bits per heavy atom. The molecule has 4 rings (SSSR count). The highest BCUT2D eigenvalue weighted by atomic mass is 16.5. The van der Waals surface area contributed by atoms with Gasteiger partial charge in [0, 0.05) is 6.42 Å². The van der Waals surface area contributed by atoms with E-state index >= 15 is 0 Å². The number of carbonyl (C=O) groups is 1. The van der Waals surface area contributed by atoms with E-state index in [1.165, 1.54) is 56.5 Å². The first-order valence-electron chi connectivity index (χ1n) is 9.36. The highest BCUT2D eigenvalue weighted by molar-refractivity contribution is 5.68. The molecule has 21 heavy (non-hydrogen) atoms. The standard InChI is InChI=1S/C19H30O2/c1-21-17(20)6-4-2-3-5-12-7-8-15-16(11-12)19-14-10-9-13(14)18(15)19/h12-16,18-19H,2-11H2,1H3. The van der Waals surface area contributed by atoms with Crippen molar-refractivity contribution in [2.75, 3.05) is 7.11 Å². The minimum atomic E-state index is -0.0453. The van der Waals surface area contributed by atoms with Crippen LogP contribution in [0.3, 0.4) is 0 Å². The van der Waals surface area contributed by atoms with E-state index in [4.69, 9.17) is 4.74 Å². The van der Waals surface area contributed by atoms with Gasteiger partial charge in [-0.05, 0) is 73.5 Å². The Labute approximate surface area is 129 Å². The summed E-state index contributed by atoms with van der Waals surface area (Å²) >= 11 is 0. The Balaban J connectivity index is 1.15. The number of rotatable bonds is 6. The van der Waals surface area contributed by atoms with Gasteiger partial charge in [-0.25, -0.2) is 0 Å². The van der Waals surface area contributed by atoms with Gasteiger partial charge < -0.3 is 4.74 Å². The van der Waals surface area contributed by atoms with Crippen LogP contribution in [0.1, 0.15) is 64.2 Å². The van der Waals surface area contributed by atoms with Crippen LogP contribution in [0.25, 0.3) is 0 Å². The Morgan fingerprint density at radius 3 is 2.29 bits per heavy atom. The van der Waals surface area contributed by atoms with Crippen molar-refractivity contribution in [2.24, 2.45) is 41.4 Å². The second-order valence-corrected chi connectivity index (χ2v) is 8.24. The highest BCUT2D eigenvalue weighted by Gasteiger charge is 2.68. The van der Waals surface area contributed by atoms with Crippen molar-refractivity contribution in [1.82, 2.24) is 0 Å². The summed E-state index contributed by atoms with van der Waals surface area (Å²) in [7, 11) is 1.49. The van der Waals surface area contributed by atoms with Crippen LogP contribution in [0.15, 0.2) is 0 Å². The van der Waals surface area contributed by atoms with Crippen molar-refractivity contribution in [3.63, 3.8) is 0 Å². The summed E-state index contributed by atoms with van der Waals surface area (Å²) in [5, 5.41) is 0. The minimum absolute atomic E-state index is 0.0453. The molecule has 2 heteroatoms. The summed E-state index contributed by atoms with van der Waals surface area (Å²) < 4.78 is 4.69. The number of hydrogen-bond donors (Lipinski definition) is 0. The molecule has 0 heterocycles. The highest BCUT2D eigenvalue weighted by Crippen LogP contribution is 2.74. The fourth-order valence-corrected chi connectivity index (χ4v) is 6.48. The van der Waals surface area contributed by atoms with Crippen molar-refractivity contribution in [2.45, 2.75) is 64.2 Å². The molecule has 4 aliphatic rings. The molecule has 0 aromatic rings. The topological polar surface area (TPSA) is 26.3 Å². The second kappa shape index (κ2) is 5.59. The fourth-order valence-electron chi connectivity index (χ4n) is 6.48. The second-order valence-electron chi connectivity index (χ2n) is 8.24. The van der Waals surface area contributed by atoms with Crippen molar-refractivity contribution >= 4 is 5.97 Å². The third-order valence-corrected chi connectivity index (χ3v) is 7.59. The zero-order valence-corrected chi connectivity index (χ0v) is 13.4. The van der Waals surface area contributed by atoms with Crippen LogP contribution in [0, 0.1) is 41.4 Å². The largest absolute Gasteiger partial charge is 0.469 e. The number of carbonyl (C=O) groups excluding carboxylic acids is 1. The van der Waals surface area contributed by atoms with Gasteiger partial charge in [-0.2, -0.15) is 0 Å². The van der Waals surface area contributed by atoms with E-state index in [1.54, 1.807) is 25.7 Å². The first-order valence-corrected chi connectivity index (χ1v) is 9.36. The summed E-state index contributed by atoms with van der Waals surface area (Å²) in [6.07, 6.45) is 13.3. The first-order chi connectivity index (χ1) is 10.3. The zero-order valence-electron chi connectivity index (χ0n) is 13.4. The zero-order chi connectivity index (χ0) is 14.4. The van der Waals surface area contributed by atoms with Gasteiger partial charge in [0.1, 0.15) is 0 Å². The van der Waals surface area contributed by atoms with E-state index in [0.29, 0.717) is 6.42 Å². The minimum Gasteiger partial charge on any atom is -0.469 e. The molecule has 0 bridgehead atoms. The average molecular weight is 290 g/mol. The van der Waals surface area contributed by atoms with Gasteiger partial charge in [-0.1, -0.05) is 25.7 Å². The molecule has 7 atom stereocenters. The molecular weight excluding hydrogens is 260 g/mol. The van der Waals surface area contributed by atoms with Gasteiger partial charge >= 0.3 is 5.97 Å². The normalized spacial score (nSPS) is 46.0. The predicted molar refractivity (Wildman–Crippen MR) is 82.6 cm³/mol. The molecule has 2 nitrogen and oxygen atoms in total. The van der Waals surface area contributed by atoms with Gasteiger partial charge in [0.25, 0.3) is 0 Å². The molecule has 7 unspecified atom stereocenters. The molecule has 0 N–H and O–H groups in total. The molecular formula is C19H30O2. The number of ether oxygens (including phenoxy) is 1. The van der Waals surface area contributed by atoms with E-state index < -0.39 is 0 Å². The third kappa shape index (κ3) is 2.24. The molecule has 0 spiro atoms. The maximum absolute atomic E-state index is 11.1. The lowest BCUT2D eigenvalue weighted by atomic mass is 9.30. The molecule has 4 aliphatic carbocycles. The molecule has 118 valence electrons. The lowest BCUT2D eigenvalue weighted by Gasteiger charge is -2.74. The summed E-state index contributed by atoms with van der Waals surface area (Å²) in [5.74, 6) is 7.96. The van der Waals surface area contributed by atoms with E-state index in [-0.39, 0.29) is 5.97 Å². The predicted octanol–water partition coefficient (Wildman–Crippen LogP) is 4.43. The summed E-state index contributed by atoms with van der Waals surface area (Å²) in [4.78, 5) is 11.1. The third-order valence-electron chi connectivity index (χ3n) is 7.59. The fraction of sp³-hybridized carbons (Fsp3) is 0.947. The Morgan fingerprint density at radius 2 is 1.57 bits per heavy atom. The van der Waals surface area contributed by atoms with E-state index in [2.05, 4.69) is 0 Å². The molecule has 0 aromatic heterocycles. The number of hydrogen-bond acceptors (Lipinski definition) is 2. The molecule has 0 saturated heterocycles. The average Bonchev–Trinajstić information content (AvgIpc) is 2.48. The molecule has 0 amide bonds. The van der Waals surface area contributed by atoms with Crippen molar-refractivity contribution in [1.29, 1.82) is 0 Å². The number of methoxy groups -OCH3 is 1. The van der Waals surface area contributed by atoms with Gasteiger partial charge in [-0.15, -0.1) is 0 Å². The smallest absolute Gasteiger partial charge is 0.305 e. The van der Waals surface area contributed by atoms with Crippen LogP contribution >= 0.6 is 0 Å². The van der Waals surface area contributed by atoms with E-state index in [9.17, 15) is 4.79 Å². The number of esters is 1. The number of fused-ring (bicyclic) bond motifs is 7. The van der Waals surface area contributed by atoms with Crippen LogP contribution in [-0.2, 0) is 9.53 Å². The quantitative estimate of drug-likeness (QED) is 0.534. The molecule has 4 fully saturated rings. The van der Waals surface area contributed by atoms with Gasteiger partial charge in [0.2, 0.25) is 0 Å². The van der Waals surface area contributed by atoms with Crippen molar-refractivity contribution < 1.29 is 9.53 Å². The molecule has 0 radical (unpaired) electrons. The van der Waals surface area contributed by atoms with Crippen LogP contribution in [0.2, 0.25) is 0 Å². The van der Waals surface area contributed by atoms with E-state index in [1.807, 2.05) is 0 Å². The van der Waals surface area contributed by atoms with Crippen LogP contribution in [0.5, 0.6) is 0 Å². The monoisotopic (exact) mass is 290 g/mol. The number of unbranched alkanes of at least 4 members (excludes halogenated alkanes) is 2. The Kier molecular flexibility index (Phi) is 3.75. The maximum Gasteiger partial charge on any atom is 0.305 e. The van der Waals surface area contributed by atoms with Crippen molar-refractivity contribution in [3.8, 4) is 0 Å². The van der Waals surface area contributed by atoms with Gasteiger partial charge in [0.15, 0.2) is 0 Å². The van der Waals surface area contributed by atoms with Crippen LogP contribution in [0.4, 0.5) is 0 Å². The van der Waals surface area contributed by atoms with E-state index in [0.717, 1.165) is 24.2 Å². The summed E-state index contributed by atoms with van der Waals surface area (Å²) in [6.45, 7) is 0. The Bertz CT molecular complexity index is 398. The molecule has 0 aliphatic heterocycles. The summed E-state index contributed by atoms with van der Waals surface area (Å²) in [5.41, 5.74) is 0. The van der Waals surface area contributed by atoms with Crippen LogP contribution < -0.4 is 0 Å². The lowest BCUT2D eigenvalue weighted by molar-refractivity contribution is -0.264. The van der Waals surface area contributed by atoms with Gasteiger partial charge in [-0.3, -0.25) is 4.79 Å². The van der Waals surface area contributed by atoms with Crippen LogP contribution in [-0.4, -0.2) is 13.1 Å². The lowest BCUT2D eigenvalue weighted by Crippen LogP contribution is -2.69. The first kappa shape index (κ1) is 14.1.